The van der Waals surface area contributed by atoms with E-state index in [0.29, 0.717) is 16.9 Å². The molecule has 17 heavy (non-hydrogen) atoms. The van der Waals surface area contributed by atoms with E-state index in [1.54, 1.807) is 19.9 Å². The number of carbonyl (C=O) groups is 1. The van der Waals surface area contributed by atoms with Crippen LogP contribution in [0.15, 0.2) is 24.4 Å². The van der Waals surface area contributed by atoms with Gasteiger partial charge in [0, 0.05) is 11.4 Å². The van der Waals surface area contributed by atoms with E-state index in [4.69, 9.17) is 0 Å². The molecule has 0 saturated carbocycles. The average Bonchev–Trinajstić information content (AvgIpc) is 2.62. The van der Waals surface area contributed by atoms with Crippen molar-refractivity contribution < 1.29 is 9.18 Å². The molecule has 0 bridgehead atoms. The molecule has 1 heterocycles. The molecule has 0 radical (unpaired) electrons. The molecule has 0 aliphatic carbocycles. The van der Waals surface area contributed by atoms with Gasteiger partial charge in [-0.15, -0.1) is 0 Å². The van der Waals surface area contributed by atoms with Crippen LogP contribution >= 0.6 is 0 Å². The Labute approximate surface area is 97.9 Å². The zero-order valence-corrected chi connectivity index (χ0v) is 9.54. The quantitative estimate of drug-likeness (QED) is 0.836. The molecule has 2 N–H and O–H groups in total. The number of carbonyl (C=O) groups excluding carboxylic acids is 1. The topological polar surface area (TPSA) is 57.8 Å². The summed E-state index contributed by atoms with van der Waals surface area (Å²) in [7, 11) is 0. The van der Waals surface area contributed by atoms with Crippen molar-refractivity contribution in [2.75, 3.05) is 5.32 Å². The number of hydrogen-bond acceptors (Lipinski definition) is 2. The zero-order valence-electron chi connectivity index (χ0n) is 9.54. The summed E-state index contributed by atoms with van der Waals surface area (Å²) in [6.07, 6.45) is 1.44. The highest BCUT2D eigenvalue weighted by Crippen LogP contribution is 2.15. The lowest BCUT2D eigenvalue weighted by molar-refractivity contribution is 0.102. The predicted octanol–water partition coefficient (Wildman–Crippen LogP) is 2.42. The van der Waals surface area contributed by atoms with E-state index in [9.17, 15) is 9.18 Å². The van der Waals surface area contributed by atoms with Crippen LogP contribution in [0.5, 0.6) is 0 Å². The highest BCUT2D eigenvalue weighted by molar-refractivity contribution is 6.04. The van der Waals surface area contributed by atoms with Gasteiger partial charge >= 0.3 is 0 Å². The van der Waals surface area contributed by atoms with E-state index >= 15 is 0 Å². The minimum atomic E-state index is -0.371. The largest absolute Gasteiger partial charge is 0.322 e. The number of H-pyrrole nitrogens is 1. The Kier molecular flexibility index (Phi) is 2.91. The molecule has 0 aliphatic heterocycles. The molecule has 88 valence electrons. The molecule has 0 fully saturated rings. The van der Waals surface area contributed by atoms with Gasteiger partial charge in [0.25, 0.3) is 5.91 Å². The lowest BCUT2D eigenvalue weighted by atomic mass is 10.2. The van der Waals surface area contributed by atoms with Gasteiger partial charge in [-0.3, -0.25) is 9.89 Å². The molecule has 2 rings (SSSR count). The summed E-state index contributed by atoms with van der Waals surface area (Å²) >= 11 is 0. The SMILES string of the molecule is Cc1cc(F)cc(NC(=O)c2cn[nH]c2C)c1. The summed E-state index contributed by atoms with van der Waals surface area (Å²) in [5.74, 6) is -0.675. The van der Waals surface area contributed by atoms with E-state index in [0.717, 1.165) is 5.56 Å². The van der Waals surface area contributed by atoms with E-state index in [2.05, 4.69) is 15.5 Å². The Balaban J connectivity index is 2.21. The molecule has 0 unspecified atom stereocenters. The third-order valence-corrected chi connectivity index (χ3v) is 2.37. The summed E-state index contributed by atoms with van der Waals surface area (Å²) < 4.78 is 13.1. The molecule has 1 amide bonds. The van der Waals surface area contributed by atoms with Gasteiger partial charge in [-0.2, -0.15) is 5.10 Å². The standard InChI is InChI=1S/C12H12FN3O/c1-7-3-9(13)5-10(4-7)15-12(17)11-6-14-16-8(11)2/h3-6H,1-2H3,(H,14,16)(H,15,17). The zero-order chi connectivity index (χ0) is 12.4. The maximum absolute atomic E-state index is 13.1. The predicted molar refractivity (Wildman–Crippen MR) is 62.4 cm³/mol. The summed E-state index contributed by atoms with van der Waals surface area (Å²) in [4.78, 5) is 11.8. The number of aromatic nitrogens is 2. The molecule has 1 aromatic heterocycles. The second-order valence-corrected chi connectivity index (χ2v) is 3.88. The minimum Gasteiger partial charge on any atom is -0.322 e. The van der Waals surface area contributed by atoms with E-state index in [1.165, 1.54) is 18.3 Å². The number of rotatable bonds is 2. The van der Waals surface area contributed by atoms with Crippen LogP contribution in [-0.2, 0) is 0 Å². The first-order valence-corrected chi connectivity index (χ1v) is 5.15. The smallest absolute Gasteiger partial charge is 0.259 e. The Hall–Kier alpha value is -2.17. The van der Waals surface area contributed by atoms with Crippen LogP contribution < -0.4 is 5.32 Å². The van der Waals surface area contributed by atoms with Crippen LogP contribution in [0.2, 0.25) is 0 Å². The van der Waals surface area contributed by atoms with Crippen LogP contribution in [0.4, 0.5) is 10.1 Å². The van der Waals surface area contributed by atoms with Crippen molar-refractivity contribution in [3.8, 4) is 0 Å². The first-order valence-electron chi connectivity index (χ1n) is 5.15. The van der Waals surface area contributed by atoms with E-state index < -0.39 is 0 Å². The molecule has 4 nitrogen and oxygen atoms in total. The van der Waals surface area contributed by atoms with Crippen molar-refractivity contribution in [1.29, 1.82) is 0 Å². The number of nitrogens with one attached hydrogen (secondary N) is 2. The summed E-state index contributed by atoms with van der Waals surface area (Å²) in [5, 5.41) is 9.06. The molecule has 0 aliphatic rings. The fraction of sp³-hybridized carbons (Fsp3) is 0.167. The molecular formula is C12H12FN3O. The van der Waals surface area contributed by atoms with Crippen molar-refractivity contribution in [3.05, 3.63) is 47.0 Å². The average molecular weight is 233 g/mol. The van der Waals surface area contributed by atoms with Gasteiger partial charge in [-0.25, -0.2) is 4.39 Å². The Morgan fingerprint density at radius 3 is 2.71 bits per heavy atom. The minimum absolute atomic E-state index is 0.304. The summed E-state index contributed by atoms with van der Waals surface area (Å²) in [6.45, 7) is 3.51. The number of aromatic amines is 1. The van der Waals surface area contributed by atoms with Crippen LogP contribution in [0.3, 0.4) is 0 Å². The monoisotopic (exact) mass is 233 g/mol. The number of anilines is 1. The normalized spacial score (nSPS) is 10.3. The van der Waals surface area contributed by atoms with Gasteiger partial charge in [0.2, 0.25) is 0 Å². The number of hydrogen-bond donors (Lipinski definition) is 2. The molecule has 5 heteroatoms. The third kappa shape index (κ3) is 2.50. The third-order valence-electron chi connectivity index (χ3n) is 2.37. The fourth-order valence-electron chi connectivity index (χ4n) is 1.59. The van der Waals surface area contributed by atoms with Gasteiger partial charge in [0.05, 0.1) is 11.8 Å². The fourth-order valence-corrected chi connectivity index (χ4v) is 1.59. The molecule has 0 spiro atoms. The van der Waals surface area contributed by atoms with Gasteiger partial charge in [0.15, 0.2) is 0 Å². The van der Waals surface area contributed by atoms with Crippen molar-refractivity contribution in [2.24, 2.45) is 0 Å². The van der Waals surface area contributed by atoms with Crippen molar-refractivity contribution in [2.45, 2.75) is 13.8 Å². The van der Waals surface area contributed by atoms with Gasteiger partial charge < -0.3 is 5.32 Å². The first kappa shape index (κ1) is 11.3. The van der Waals surface area contributed by atoms with Crippen molar-refractivity contribution in [3.63, 3.8) is 0 Å². The highest BCUT2D eigenvalue weighted by Gasteiger charge is 2.11. The molecular weight excluding hydrogens is 221 g/mol. The Morgan fingerprint density at radius 1 is 1.35 bits per heavy atom. The number of benzene rings is 1. The number of amides is 1. The van der Waals surface area contributed by atoms with Crippen LogP contribution in [-0.4, -0.2) is 16.1 Å². The highest BCUT2D eigenvalue weighted by atomic mass is 19.1. The van der Waals surface area contributed by atoms with E-state index in [1.807, 2.05) is 0 Å². The van der Waals surface area contributed by atoms with Crippen LogP contribution in [0, 0.1) is 19.7 Å². The lowest BCUT2D eigenvalue weighted by Crippen LogP contribution is -2.12. The second kappa shape index (κ2) is 4.37. The van der Waals surface area contributed by atoms with Crippen LogP contribution in [0.1, 0.15) is 21.6 Å². The number of halogens is 1. The number of nitrogens with zero attached hydrogens (tertiary/aromatic N) is 1. The van der Waals surface area contributed by atoms with Gasteiger partial charge in [-0.05, 0) is 37.6 Å². The maximum atomic E-state index is 13.1. The van der Waals surface area contributed by atoms with Crippen LogP contribution in [0.25, 0.3) is 0 Å². The first-order chi connectivity index (χ1) is 8.06. The molecule has 2 aromatic rings. The molecule has 0 atom stereocenters. The Bertz CT molecular complexity index is 542. The number of aryl methyl sites for hydroxylation is 2. The van der Waals surface area contributed by atoms with E-state index in [-0.39, 0.29) is 11.7 Å². The van der Waals surface area contributed by atoms with Gasteiger partial charge in [0.1, 0.15) is 5.82 Å². The Morgan fingerprint density at radius 2 is 2.12 bits per heavy atom. The van der Waals surface area contributed by atoms with Gasteiger partial charge in [-0.1, -0.05) is 0 Å². The van der Waals surface area contributed by atoms with Crippen molar-refractivity contribution in [1.82, 2.24) is 10.2 Å². The molecule has 0 saturated heterocycles. The van der Waals surface area contributed by atoms with Crippen molar-refractivity contribution >= 4 is 11.6 Å². The lowest BCUT2D eigenvalue weighted by Gasteiger charge is -2.05. The maximum Gasteiger partial charge on any atom is 0.259 e. The molecule has 1 aromatic carbocycles. The second-order valence-electron chi connectivity index (χ2n) is 3.88. The summed E-state index contributed by atoms with van der Waals surface area (Å²) in [5.41, 5.74) is 2.32. The summed E-state index contributed by atoms with van der Waals surface area (Å²) in [6, 6.07) is 4.38.